The van der Waals surface area contributed by atoms with Crippen LogP contribution < -0.4 is 0 Å². The van der Waals surface area contributed by atoms with Crippen molar-refractivity contribution in [3.8, 4) is 6.07 Å². The molecule has 0 saturated heterocycles. The highest BCUT2D eigenvalue weighted by Gasteiger charge is 2.29. The molecule has 0 aliphatic carbocycles. The Morgan fingerprint density at radius 1 is 1.10 bits per heavy atom. The molecule has 1 unspecified atom stereocenters. The minimum Gasteiger partial charge on any atom is -0.292 e. The summed E-state index contributed by atoms with van der Waals surface area (Å²) in [6, 6.07) is 9.14. The zero-order valence-corrected chi connectivity index (χ0v) is 11.9. The first kappa shape index (κ1) is 15.4. The highest BCUT2D eigenvalue weighted by atomic mass is 35.5. The number of ketones is 1. The fraction of sp³-hybridized carbons (Fsp3) is 0.0667. The molecule has 0 bridgehead atoms. The van der Waals surface area contributed by atoms with Crippen molar-refractivity contribution >= 4 is 29.0 Å². The molecule has 2 nitrogen and oxygen atoms in total. The summed E-state index contributed by atoms with van der Waals surface area (Å²) in [5, 5.41) is 8.73. The van der Waals surface area contributed by atoms with Gasteiger partial charge in [0.1, 0.15) is 17.6 Å². The average Bonchev–Trinajstić information content (AvgIpc) is 2.45. The zero-order chi connectivity index (χ0) is 15.6. The molecule has 0 saturated carbocycles. The normalized spacial score (nSPS) is 11.8. The van der Waals surface area contributed by atoms with Crippen molar-refractivity contribution in [2.45, 2.75) is 5.92 Å². The van der Waals surface area contributed by atoms with E-state index in [-0.39, 0.29) is 16.1 Å². The Labute approximate surface area is 129 Å². The summed E-state index contributed by atoms with van der Waals surface area (Å²) in [4.78, 5) is 12.4. The zero-order valence-electron chi connectivity index (χ0n) is 10.4. The van der Waals surface area contributed by atoms with Crippen LogP contribution in [0.15, 0.2) is 36.4 Å². The summed E-state index contributed by atoms with van der Waals surface area (Å²) >= 11 is 11.6. The Kier molecular flexibility index (Phi) is 4.56. The Bertz CT molecular complexity index is 736. The van der Waals surface area contributed by atoms with Crippen LogP contribution in [0, 0.1) is 23.0 Å². The molecule has 0 N–H and O–H groups in total. The molecule has 106 valence electrons. The van der Waals surface area contributed by atoms with Crippen molar-refractivity contribution in [2.24, 2.45) is 0 Å². The largest absolute Gasteiger partial charge is 0.292 e. The van der Waals surface area contributed by atoms with E-state index < -0.39 is 28.4 Å². The second-order valence-electron chi connectivity index (χ2n) is 4.16. The molecule has 2 rings (SSSR count). The maximum Gasteiger partial charge on any atom is 0.186 e. The highest BCUT2D eigenvalue weighted by Crippen LogP contribution is 2.32. The van der Waals surface area contributed by atoms with Crippen molar-refractivity contribution < 1.29 is 13.6 Å². The van der Waals surface area contributed by atoms with E-state index >= 15 is 0 Å². The number of rotatable bonds is 3. The Morgan fingerprint density at radius 3 is 2.33 bits per heavy atom. The molecule has 0 aliphatic rings. The summed E-state index contributed by atoms with van der Waals surface area (Å²) in [5.74, 6) is -3.89. The third kappa shape index (κ3) is 2.90. The SMILES string of the molecule is N#CC(C(=O)c1cccc(F)c1Cl)c1c(F)cccc1Cl. The molecule has 0 heterocycles. The van der Waals surface area contributed by atoms with Gasteiger partial charge in [0.25, 0.3) is 0 Å². The molecule has 0 aromatic heterocycles. The molecule has 2 aromatic carbocycles. The Hall–Kier alpha value is -1.96. The first-order chi connectivity index (χ1) is 9.97. The first-order valence-electron chi connectivity index (χ1n) is 5.79. The predicted octanol–water partition coefficient (Wildman–Crippen LogP) is 4.76. The fourth-order valence-corrected chi connectivity index (χ4v) is 2.38. The molecule has 1 atom stereocenters. The first-order valence-corrected chi connectivity index (χ1v) is 6.54. The number of nitrogens with zero attached hydrogens (tertiary/aromatic N) is 1. The van der Waals surface area contributed by atoms with Gasteiger partial charge >= 0.3 is 0 Å². The van der Waals surface area contributed by atoms with Crippen LogP contribution in [-0.2, 0) is 0 Å². The van der Waals surface area contributed by atoms with Crippen molar-refractivity contribution in [3.05, 3.63) is 69.2 Å². The minimum atomic E-state index is -1.50. The fourth-order valence-electron chi connectivity index (χ4n) is 1.89. The summed E-state index contributed by atoms with van der Waals surface area (Å²) in [5.41, 5.74) is -0.436. The van der Waals surface area contributed by atoms with Crippen LogP contribution in [0.1, 0.15) is 21.8 Å². The number of nitriles is 1. The molecule has 0 spiro atoms. The predicted molar refractivity (Wildman–Crippen MR) is 75.5 cm³/mol. The van der Waals surface area contributed by atoms with Crippen molar-refractivity contribution in [3.63, 3.8) is 0 Å². The topological polar surface area (TPSA) is 40.9 Å². The molecule has 2 aromatic rings. The lowest BCUT2D eigenvalue weighted by molar-refractivity contribution is 0.0977. The molecule has 0 fully saturated rings. The number of halogens is 4. The maximum absolute atomic E-state index is 13.8. The Balaban J connectivity index is 2.55. The third-order valence-corrected chi connectivity index (χ3v) is 3.61. The highest BCUT2D eigenvalue weighted by molar-refractivity contribution is 6.35. The van der Waals surface area contributed by atoms with E-state index in [1.54, 1.807) is 6.07 Å². The van der Waals surface area contributed by atoms with E-state index in [1.807, 2.05) is 0 Å². The van der Waals surface area contributed by atoms with Gasteiger partial charge in [-0.05, 0) is 24.3 Å². The van der Waals surface area contributed by atoms with Gasteiger partial charge in [-0.3, -0.25) is 4.79 Å². The molecule has 0 aliphatic heterocycles. The van der Waals surface area contributed by atoms with E-state index in [2.05, 4.69) is 0 Å². The average molecular weight is 326 g/mol. The van der Waals surface area contributed by atoms with E-state index in [0.717, 1.165) is 12.1 Å². The van der Waals surface area contributed by atoms with Gasteiger partial charge < -0.3 is 0 Å². The second-order valence-corrected chi connectivity index (χ2v) is 4.95. The maximum atomic E-state index is 13.8. The van der Waals surface area contributed by atoms with E-state index in [1.165, 1.54) is 24.3 Å². The lowest BCUT2D eigenvalue weighted by Gasteiger charge is -2.12. The van der Waals surface area contributed by atoms with Gasteiger partial charge in [0.15, 0.2) is 5.78 Å². The van der Waals surface area contributed by atoms with E-state index in [0.29, 0.717) is 0 Å². The standard InChI is InChI=1S/C15H7Cl2F2NO/c16-10-4-2-5-11(18)13(10)9(7-20)15(21)8-3-1-6-12(19)14(8)17/h1-6,9H. The van der Waals surface area contributed by atoms with Gasteiger partial charge in [0.2, 0.25) is 0 Å². The van der Waals surface area contributed by atoms with Gasteiger partial charge in [-0.1, -0.05) is 35.3 Å². The number of hydrogen-bond acceptors (Lipinski definition) is 2. The van der Waals surface area contributed by atoms with Crippen LogP contribution in [0.5, 0.6) is 0 Å². The number of hydrogen-bond donors (Lipinski definition) is 0. The Morgan fingerprint density at radius 2 is 1.71 bits per heavy atom. The quantitative estimate of drug-likeness (QED) is 0.763. The molecular formula is C15H7Cl2F2NO. The monoisotopic (exact) mass is 325 g/mol. The van der Waals surface area contributed by atoms with Gasteiger partial charge in [-0.15, -0.1) is 0 Å². The van der Waals surface area contributed by atoms with Gasteiger partial charge in [0, 0.05) is 16.1 Å². The summed E-state index contributed by atoms with van der Waals surface area (Å²) < 4.78 is 27.2. The molecule has 0 amide bonds. The molecule has 21 heavy (non-hydrogen) atoms. The molecular weight excluding hydrogens is 319 g/mol. The van der Waals surface area contributed by atoms with Crippen molar-refractivity contribution in [1.29, 1.82) is 5.26 Å². The summed E-state index contributed by atoms with van der Waals surface area (Å²) in [7, 11) is 0. The van der Waals surface area contributed by atoms with Crippen LogP contribution >= 0.6 is 23.2 Å². The number of carbonyl (C=O) groups excluding carboxylic acids is 1. The summed E-state index contributed by atoms with van der Waals surface area (Å²) in [6.45, 7) is 0. The lowest BCUT2D eigenvalue weighted by Crippen LogP contribution is -2.14. The van der Waals surface area contributed by atoms with E-state index in [4.69, 9.17) is 23.2 Å². The molecule has 0 radical (unpaired) electrons. The van der Waals surface area contributed by atoms with Gasteiger partial charge in [-0.25, -0.2) is 8.78 Å². The van der Waals surface area contributed by atoms with Gasteiger partial charge in [0.05, 0.1) is 11.1 Å². The number of carbonyl (C=O) groups is 1. The number of benzene rings is 2. The van der Waals surface area contributed by atoms with E-state index in [9.17, 15) is 18.8 Å². The van der Waals surface area contributed by atoms with Crippen LogP contribution in [0.2, 0.25) is 10.0 Å². The van der Waals surface area contributed by atoms with Crippen LogP contribution in [0.4, 0.5) is 8.78 Å². The van der Waals surface area contributed by atoms with Crippen molar-refractivity contribution in [1.82, 2.24) is 0 Å². The third-order valence-electron chi connectivity index (χ3n) is 2.90. The van der Waals surface area contributed by atoms with Crippen LogP contribution in [0.25, 0.3) is 0 Å². The molecule has 6 heteroatoms. The van der Waals surface area contributed by atoms with Crippen LogP contribution in [0.3, 0.4) is 0 Å². The van der Waals surface area contributed by atoms with Gasteiger partial charge in [-0.2, -0.15) is 5.26 Å². The van der Waals surface area contributed by atoms with Crippen LogP contribution in [-0.4, -0.2) is 5.78 Å². The second kappa shape index (κ2) is 6.21. The lowest BCUT2D eigenvalue weighted by atomic mass is 9.91. The van der Waals surface area contributed by atoms with Crippen molar-refractivity contribution in [2.75, 3.05) is 0 Å². The summed E-state index contributed by atoms with van der Waals surface area (Å²) in [6.07, 6.45) is 0. The number of Topliss-reactive ketones (excluding diaryl/α,β-unsaturated/α-hetero) is 1. The minimum absolute atomic E-state index is 0.0533. The smallest absolute Gasteiger partial charge is 0.186 e.